The lowest BCUT2D eigenvalue weighted by Gasteiger charge is -2.31. The van der Waals surface area contributed by atoms with Crippen LogP contribution in [0.2, 0.25) is 20.1 Å². The zero-order valence-electron chi connectivity index (χ0n) is 14.5. The second kappa shape index (κ2) is 8.78. The van der Waals surface area contributed by atoms with Gasteiger partial charge >= 0.3 is 0 Å². The zero-order valence-corrected chi connectivity index (χ0v) is 18.3. The fourth-order valence-electron chi connectivity index (χ4n) is 3.01. The number of carbonyl (C=O) groups is 1. The molecule has 0 spiro atoms. The summed E-state index contributed by atoms with van der Waals surface area (Å²) in [5.41, 5.74) is 0.425. The predicted octanol–water partition coefficient (Wildman–Crippen LogP) is 5.34. The molecule has 28 heavy (non-hydrogen) atoms. The van der Waals surface area contributed by atoms with Gasteiger partial charge < -0.3 is 5.32 Å². The van der Waals surface area contributed by atoms with Crippen LogP contribution in [0.1, 0.15) is 12.8 Å². The number of nitrogens with zero attached hydrogens (tertiary/aromatic N) is 1. The van der Waals surface area contributed by atoms with Gasteiger partial charge in [0.1, 0.15) is 4.90 Å². The maximum atomic E-state index is 13.0. The Bertz CT molecular complexity index is 1010. The molecule has 1 aliphatic heterocycles. The lowest BCUT2D eigenvalue weighted by molar-refractivity contribution is -0.120. The second-order valence-electron chi connectivity index (χ2n) is 6.39. The van der Waals surface area contributed by atoms with Crippen LogP contribution in [0.5, 0.6) is 0 Å². The van der Waals surface area contributed by atoms with E-state index in [-0.39, 0.29) is 27.4 Å². The summed E-state index contributed by atoms with van der Waals surface area (Å²) in [5, 5.41) is 3.87. The first-order valence-electron chi connectivity index (χ1n) is 8.39. The first kappa shape index (κ1) is 21.7. The lowest BCUT2D eigenvalue weighted by atomic mass is 9.99. The summed E-state index contributed by atoms with van der Waals surface area (Å²) in [7, 11) is -3.87. The van der Waals surface area contributed by atoms with Crippen molar-refractivity contribution in [2.45, 2.75) is 17.7 Å². The Morgan fingerprint density at radius 2 is 1.68 bits per heavy atom. The maximum Gasteiger partial charge on any atom is 0.244 e. The molecule has 1 aliphatic rings. The van der Waals surface area contributed by atoms with Crippen LogP contribution in [0.25, 0.3) is 0 Å². The van der Waals surface area contributed by atoms with E-state index >= 15 is 0 Å². The third-order valence-electron chi connectivity index (χ3n) is 4.45. The van der Waals surface area contributed by atoms with E-state index in [1.54, 1.807) is 12.1 Å². The van der Waals surface area contributed by atoms with Crippen molar-refractivity contribution in [1.82, 2.24) is 4.31 Å². The molecule has 0 radical (unpaired) electrons. The topological polar surface area (TPSA) is 66.5 Å². The normalized spacial score (nSPS) is 18.1. The summed E-state index contributed by atoms with van der Waals surface area (Å²) < 4.78 is 27.3. The lowest BCUT2D eigenvalue weighted by Crippen LogP contribution is -2.43. The van der Waals surface area contributed by atoms with Crippen molar-refractivity contribution in [3.05, 3.63) is 56.5 Å². The summed E-state index contributed by atoms with van der Waals surface area (Å²) in [6.07, 6.45) is 1.11. The number of halogens is 4. The molecule has 0 unspecified atom stereocenters. The first-order chi connectivity index (χ1) is 13.2. The van der Waals surface area contributed by atoms with Gasteiger partial charge in [-0.3, -0.25) is 4.79 Å². The molecule has 5 nitrogen and oxygen atoms in total. The van der Waals surface area contributed by atoms with Crippen molar-refractivity contribution >= 4 is 68.0 Å². The van der Waals surface area contributed by atoms with Gasteiger partial charge in [-0.15, -0.1) is 0 Å². The number of rotatable bonds is 4. The zero-order chi connectivity index (χ0) is 20.5. The Hall–Kier alpha value is -1.02. The number of piperidine rings is 1. The molecule has 0 bridgehead atoms. The van der Waals surface area contributed by atoms with Crippen molar-refractivity contribution in [3.8, 4) is 0 Å². The van der Waals surface area contributed by atoms with Crippen molar-refractivity contribution in [2.75, 3.05) is 18.4 Å². The molecule has 0 saturated carbocycles. The van der Waals surface area contributed by atoms with E-state index in [1.807, 2.05) is 0 Å². The highest BCUT2D eigenvalue weighted by atomic mass is 35.5. The molecule has 3 rings (SSSR count). The largest absolute Gasteiger partial charge is 0.324 e. The fraction of sp³-hybridized carbons (Fsp3) is 0.278. The highest BCUT2D eigenvalue weighted by Crippen LogP contribution is 2.31. The highest BCUT2D eigenvalue weighted by molar-refractivity contribution is 7.89. The van der Waals surface area contributed by atoms with Crippen LogP contribution < -0.4 is 5.32 Å². The molecule has 2 aromatic rings. The van der Waals surface area contributed by atoms with Gasteiger partial charge in [-0.2, -0.15) is 4.31 Å². The van der Waals surface area contributed by atoms with Crippen LogP contribution in [0.3, 0.4) is 0 Å². The van der Waals surface area contributed by atoms with Crippen LogP contribution in [-0.2, 0) is 14.8 Å². The van der Waals surface area contributed by atoms with Crippen molar-refractivity contribution < 1.29 is 13.2 Å². The molecular formula is C18H16Cl4N2O3S. The van der Waals surface area contributed by atoms with E-state index in [1.165, 1.54) is 28.6 Å². The van der Waals surface area contributed by atoms with Crippen molar-refractivity contribution in [3.63, 3.8) is 0 Å². The van der Waals surface area contributed by atoms with E-state index in [2.05, 4.69) is 5.32 Å². The van der Waals surface area contributed by atoms with Gasteiger partial charge in [-0.25, -0.2) is 8.42 Å². The average molecular weight is 482 g/mol. The number of hydrogen-bond donors (Lipinski definition) is 1. The minimum Gasteiger partial charge on any atom is -0.324 e. The van der Waals surface area contributed by atoms with Gasteiger partial charge in [-0.05, 0) is 49.2 Å². The summed E-state index contributed by atoms with van der Waals surface area (Å²) in [6, 6.07) is 9.01. The van der Waals surface area contributed by atoms with Gasteiger partial charge in [0.25, 0.3) is 0 Å². The van der Waals surface area contributed by atoms with Gasteiger partial charge in [0.05, 0.1) is 21.7 Å². The maximum absolute atomic E-state index is 13.0. The van der Waals surface area contributed by atoms with E-state index in [4.69, 9.17) is 46.4 Å². The van der Waals surface area contributed by atoms with E-state index in [0.717, 1.165) is 0 Å². The van der Waals surface area contributed by atoms with Crippen LogP contribution in [0.4, 0.5) is 5.69 Å². The van der Waals surface area contributed by atoms with Crippen molar-refractivity contribution in [2.24, 2.45) is 5.92 Å². The SMILES string of the molecule is O=C(Nc1ccc(Cl)cc1Cl)[C@@H]1CCCN(S(=O)(=O)c2cc(Cl)ccc2Cl)C1. The van der Waals surface area contributed by atoms with E-state index < -0.39 is 15.9 Å². The predicted molar refractivity (Wildman–Crippen MR) is 113 cm³/mol. The smallest absolute Gasteiger partial charge is 0.244 e. The number of hydrogen-bond acceptors (Lipinski definition) is 3. The molecule has 1 amide bonds. The molecule has 1 fully saturated rings. The third-order valence-corrected chi connectivity index (χ3v) is 7.58. The molecule has 0 aromatic heterocycles. The standard InChI is InChI=1S/C18H16Cl4N2O3S/c19-12-4-6-16(15(22)8-12)23-18(25)11-2-1-7-24(10-11)28(26,27)17-9-13(20)3-5-14(17)21/h3-6,8-9,11H,1-2,7,10H2,(H,23,25)/t11-/m1/s1. The van der Waals surface area contributed by atoms with Gasteiger partial charge in [0.2, 0.25) is 15.9 Å². The van der Waals surface area contributed by atoms with E-state index in [0.29, 0.717) is 35.1 Å². The number of nitrogens with one attached hydrogen (secondary N) is 1. The summed E-state index contributed by atoms with van der Waals surface area (Å²) in [5.74, 6) is -0.824. The summed E-state index contributed by atoms with van der Waals surface area (Å²) >= 11 is 24.0. The molecule has 1 atom stereocenters. The highest BCUT2D eigenvalue weighted by Gasteiger charge is 2.34. The van der Waals surface area contributed by atoms with Crippen molar-refractivity contribution in [1.29, 1.82) is 0 Å². The first-order valence-corrected chi connectivity index (χ1v) is 11.3. The van der Waals surface area contributed by atoms with Crippen LogP contribution >= 0.6 is 46.4 Å². The fourth-order valence-corrected chi connectivity index (χ4v) is 5.73. The van der Waals surface area contributed by atoms with Crippen LogP contribution in [0.15, 0.2) is 41.3 Å². The molecule has 150 valence electrons. The number of benzene rings is 2. The van der Waals surface area contributed by atoms with Crippen LogP contribution in [-0.4, -0.2) is 31.7 Å². The molecule has 1 saturated heterocycles. The Morgan fingerprint density at radius 1 is 1.00 bits per heavy atom. The second-order valence-corrected chi connectivity index (χ2v) is 9.98. The summed E-state index contributed by atoms with van der Waals surface area (Å²) in [6.45, 7) is 0.346. The Balaban J connectivity index is 1.78. The molecule has 1 N–H and O–H groups in total. The van der Waals surface area contributed by atoms with Gasteiger partial charge in [0.15, 0.2) is 0 Å². The summed E-state index contributed by atoms with van der Waals surface area (Å²) in [4.78, 5) is 12.6. The number of carbonyl (C=O) groups excluding carboxylic acids is 1. The van der Waals surface area contributed by atoms with Crippen LogP contribution in [0, 0.1) is 5.92 Å². The third kappa shape index (κ3) is 4.75. The minimum absolute atomic E-state index is 0.0439. The Kier molecular flexibility index (Phi) is 6.80. The average Bonchev–Trinajstić information content (AvgIpc) is 2.66. The quantitative estimate of drug-likeness (QED) is 0.640. The van der Waals surface area contributed by atoms with Gasteiger partial charge in [-0.1, -0.05) is 46.4 Å². The molecule has 2 aromatic carbocycles. The van der Waals surface area contributed by atoms with E-state index in [9.17, 15) is 13.2 Å². The monoisotopic (exact) mass is 480 g/mol. The molecule has 0 aliphatic carbocycles. The Labute approximate surface area is 183 Å². The molecule has 10 heteroatoms. The minimum atomic E-state index is -3.87. The Morgan fingerprint density at radius 3 is 2.39 bits per heavy atom. The number of anilines is 1. The molecule has 1 heterocycles. The molecular weight excluding hydrogens is 466 g/mol. The number of sulfonamides is 1. The van der Waals surface area contributed by atoms with Gasteiger partial charge in [0, 0.05) is 23.1 Å². The number of amides is 1.